The van der Waals surface area contributed by atoms with E-state index in [1.54, 1.807) is 7.11 Å². The third-order valence-corrected chi connectivity index (χ3v) is 4.95. The van der Waals surface area contributed by atoms with Crippen LogP contribution in [0, 0.1) is 0 Å². The minimum Gasteiger partial charge on any atom is -0.497 e. The maximum atomic E-state index is 12.8. The van der Waals surface area contributed by atoms with Gasteiger partial charge in [-0.2, -0.15) is 0 Å². The summed E-state index contributed by atoms with van der Waals surface area (Å²) in [5, 5.41) is 8.20. The van der Waals surface area contributed by atoms with Crippen LogP contribution in [0.5, 0.6) is 5.75 Å². The van der Waals surface area contributed by atoms with E-state index in [2.05, 4.69) is 28.8 Å². The Morgan fingerprint density at radius 3 is 2.31 bits per heavy atom. The Balaban J connectivity index is 1.74. The average molecular weight is 390 g/mol. The van der Waals surface area contributed by atoms with Gasteiger partial charge < -0.3 is 15.4 Å². The molecule has 0 aliphatic carbocycles. The number of nitrogens with one attached hydrogen (secondary N) is 2. The lowest BCUT2D eigenvalue weighted by molar-refractivity contribution is -0.123. The van der Waals surface area contributed by atoms with E-state index < -0.39 is 6.04 Å². The molecule has 3 aromatic rings. The average Bonchev–Trinajstić information content (AvgIpc) is 2.72. The van der Waals surface area contributed by atoms with Crippen LogP contribution in [0.15, 0.2) is 66.7 Å². The molecular weight excluding hydrogens is 364 g/mol. The van der Waals surface area contributed by atoms with Gasteiger partial charge in [0.15, 0.2) is 0 Å². The lowest BCUT2D eigenvalue weighted by Gasteiger charge is -2.21. The van der Waals surface area contributed by atoms with Crippen molar-refractivity contribution in [3.8, 4) is 5.75 Å². The smallest absolute Gasteiger partial charge is 0.222 e. The molecule has 0 fully saturated rings. The van der Waals surface area contributed by atoms with Crippen LogP contribution >= 0.6 is 0 Å². The summed E-state index contributed by atoms with van der Waals surface area (Å²) in [6, 6.07) is 21.0. The van der Waals surface area contributed by atoms with Crippen molar-refractivity contribution < 1.29 is 14.3 Å². The maximum Gasteiger partial charge on any atom is 0.222 e. The van der Waals surface area contributed by atoms with Gasteiger partial charge in [-0.25, -0.2) is 0 Å². The first-order valence-corrected chi connectivity index (χ1v) is 9.66. The normalized spacial score (nSPS) is 12.8. The van der Waals surface area contributed by atoms with Gasteiger partial charge in [-0.1, -0.05) is 54.6 Å². The molecule has 3 aromatic carbocycles. The summed E-state index contributed by atoms with van der Waals surface area (Å²) < 4.78 is 5.18. The van der Waals surface area contributed by atoms with Crippen LogP contribution < -0.4 is 15.4 Å². The predicted molar refractivity (Wildman–Crippen MR) is 115 cm³/mol. The summed E-state index contributed by atoms with van der Waals surface area (Å²) in [5.74, 6) is 0.421. The molecule has 0 radical (unpaired) electrons. The minimum atomic E-state index is -0.405. The molecule has 0 saturated carbocycles. The highest BCUT2D eigenvalue weighted by Gasteiger charge is 2.19. The first-order valence-electron chi connectivity index (χ1n) is 9.66. The fourth-order valence-electron chi connectivity index (χ4n) is 3.53. The molecule has 5 nitrogen and oxygen atoms in total. The number of carbonyl (C=O) groups excluding carboxylic acids is 2. The van der Waals surface area contributed by atoms with Gasteiger partial charge in [0, 0.05) is 6.92 Å². The molecule has 0 spiro atoms. The number of hydrogen-bond acceptors (Lipinski definition) is 3. The molecular formula is C24H26N2O3. The van der Waals surface area contributed by atoms with Crippen molar-refractivity contribution >= 4 is 22.6 Å². The van der Waals surface area contributed by atoms with Crippen molar-refractivity contribution in [3.63, 3.8) is 0 Å². The van der Waals surface area contributed by atoms with Crippen LogP contribution in [0.2, 0.25) is 0 Å². The standard InChI is InChI=1S/C24H26N2O3/c1-16(21-10-6-8-18-7-4-5-9-22(18)21)25-24(28)15-23(26-17(2)27)19-11-13-20(29-3)14-12-19/h4-14,16,23H,15H2,1-3H3,(H,25,28)(H,26,27). The highest BCUT2D eigenvalue weighted by atomic mass is 16.5. The van der Waals surface area contributed by atoms with Gasteiger partial charge in [-0.05, 0) is 41.0 Å². The number of amides is 2. The van der Waals surface area contributed by atoms with Crippen LogP contribution in [0.3, 0.4) is 0 Å². The molecule has 3 rings (SSSR count). The van der Waals surface area contributed by atoms with Crippen LogP contribution in [0.25, 0.3) is 10.8 Å². The Morgan fingerprint density at radius 2 is 1.62 bits per heavy atom. The zero-order valence-corrected chi connectivity index (χ0v) is 16.9. The molecule has 5 heteroatoms. The van der Waals surface area contributed by atoms with Gasteiger partial charge in [-0.3, -0.25) is 9.59 Å². The molecule has 0 aliphatic rings. The topological polar surface area (TPSA) is 67.4 Å². The molecule has 0 aliphatic heterocycles. The summed E-state index contributed by atoms with van der Waals surface area (Å²) >= 11 is 0. The Hall–Kier alpha value is -3.34. The van der Waals surface area contributed by atoms with Crippen molar-refractivity contribution in [1.29, 1.82) is 0 Å². The molecule has 2 N–H and O–H groups in total. The molecule has 0 heterocycles. The zero-order valence-electron chi connectivity index (χ0n) is 16.9. The van der Waals surface area contributed by atoms with Crippen LogP contribution in [0.4, 0.5) is 0 Å². The van der Waals surface area contributed by atoms with E-state index in [1.165, 1.54) is 6.92 Å². The Labute approximate surface area is 171 Å². The number of rotatable bonds is 7. The zero-order chi connectivity index (χ0) is 20.8. The number of ether oxygens (including phenoxy) is 1. The number of hydrogen-bond donors (Lipinski definition) is 2. The van der Waals surface area contributed by atoms with Gasteiger partial charge in [0.05, 0.1) is 25.6 Å². The third-order valence-electron chi connectivity index (χ3n) is 4.95. The van der Waals surface area contributed by atoms with E-state index in [-0.39, 0.29) is 24.3 Å². The molecule has 2 amide bonds. The van der Waals surface area contributed by atoms with Gasteiger partial charge in [0.1, 0.15) is 5.75 Å². The van der Waals surface area contributed by atoms with E-state index in [0.717, 1.165) is 27.6 Å². The third kappa shape index (κ3) is 5.13. The Bertz CT molecular complexity index is 993. The summed E-state index contributed by atoms with van der Waals surface area (Å²) in [4.78, 5) is 24.4. The maximum absolute atomic E-state index is 12.8. The molecule has 2 unspecified atom stereocenters. The number of carbonyl (C=O) groups is 2. The van der Waals surface area contributed by atoms with Crippen LogP contribution in [-0.2, 0) is 9.59 Å². The summed E-state index contributed by atoms with van der Waals surface area (Å²) in [5.41, 5.74) is 1.92. The van der Waals surface area contributed by atoms with Crippen LogP contribution in [-0.4, -0.2) is 18.9 Å². The van der Waals surface area contributed by atoms with Gasteiger partial charge in [0.2, 0.25) is 11.8 Å². The van der Waals surface area contributed by atoms with Crippen molar-refractivity contribution in [3.05, 3.63) is 77.9 Å². The van der Waals surface area contributed by atoms with E-state index in [9.17, 15) is 9.59 Å². The lowest BCUT2D eigenvalue weighted by atomic mass is 9.99. The van der Waals surface area contributed by atoms with E-state index >= 15 is 0 Å². The van der Waals surface area contributed by atoms with E-state index in [1.807, 2.05) is 55.5 Å². The monoisotopic (exact) mass is 390 g/mol. The lowest BCUT2D eigenvalue weighted by Crippen LogP contribution is -2.33. The quantitative estimate of drug-likeness (QED) is 0.632. The molecule has 0 aromatic heterocycles. The highest BCUT2D eigenvalue weighted by molar-refractivity contribution is 5.87. The summed E-state index contributed by atoms with van der Waals surface area (Å²) in [6.07, 6.45) is 0.154. The van der Waals surface area contributed by atoms with Gasteiger partial charge >= 0.3 is 0 Å². The Morgan fingerprint density at radius 1 is 0.931 bits per heavy atom. The summed E-state index contributed by atoms with van der Waals surface area (Å²) in [7, 11) is 1.60. The van der Waals surface area contributed by atoms with Crippen molar-refractivity contribution in [2.75, 3.05) is 7.11 Å². The number of methoxy groups -OCH3 is 1. The second-order valence-electron chi connectivity index (χ2n) is 7.09. The van der Waals surface area contributed by atoms with E-state index in [4.69, 9.17) is 4.74 Å². The predicted octanol–water partition coefficient (Wildman–Crippen LogP) is 4.29. The first-order chi connectivity index (χ1) is 14.0. The number of benzene rings is 3. The van der Waals surface area contributed by atoms with Crippen molar-refractivity contribution in [2.24, 2.45) is 0 Å². The van der Waals surface area contributed by atoms with Crippen molar-refractivity contribution in [1.82, 2.24) is 10.6 Å². The highest BCUT2D eigenvalue weighted by Crippen LogP contribution is 2.25. The SMILES string of the molecule is COc1ccc(C(CC(=O)NC(C)c2cccc3ccccc23)NC(C)=O)cc1. The van der Waals surface area contributed by atoms with Crippen molar-refractivity contribution in [2.45, 2.75) is 32.4 Å². The largest absolute Gasteiger partial charge is 0.497 e. The molecule has 0 bridgehead atoms. The molecule has 150 valence electrons. The fraction of sp³-hybridized carbons (Fsp3) is 0.250. The van der Waals surface area contributed by atoms with Gasteiger partial charge in [-0.15, -0.1) is 0 Å². The number of fused-ring (bicyclic) bond motifs is 1. The molecule has 0 saturated heterocycles. The Kier molecular flexibility index (Phi) is 6.50. The second-order valence-corrected chi connectivity index (χ2v) is 7.09. The molecule has 2 atom stereocenters. The van der Waals surface area contributed by atoms with E-state index in [0.29, 0.717) is 0 Å². The fourth-order valence-corrected chi connectivity index (χ4v) is 3.53. The van der Waals surface area contributed by atoms with Crippen LogP contribution in [0.1, 0.15) is 43.5 Å². The van der Waals surface area contributed by atoms with Gasteiger partial charge in [0.25, 0.3) is 0 Å². The first kappa shape index (κ1) is 20.4. The minimum absolute atomic E-state index is 0.125. The molecule has 29 heavy (non-hydrogen) atoms. The second kappa shape index (κ2) is 9.24. The summed E-state index contributed by atoms with van der Waals surface area (Å²) in [6.45, 7) is 3.42.